The minimum atomic E-state index is 0.0422. The SMILES string of the molecule is c1ccc([C@H](c2nnnn2C[C@@H]2CCCO2)N2CCN(c3ccccc3)CC2)cc1. The van der Waals surface area contributed by atoms with E-state index in [1.54, 1.807) is 0 Å². The molecular formula is C23H28N6O. The van der Waals surface area contributed by atoms with Crippen LogP contribution in [0.15, 0.2) is 60.7 Å². The van der Waals surface area contributed by atoms with Crippen molar-refractivity contribution in [3.63, 3.8) is 0 Å². The van der Waals surface area contributed by atoms with Crippen LogP contribution in [-0.2, 0) is 11.3 Å². The van der Waals surface area contributed by atoms with Gasteiger partial charge in [-0.25, -0.2) is 4.68 Å². The molecule has 0 saturated carbocycles. The zero-order chi connectivity index (χ0) is 20.2. The Morgan fingerprint density at radius 3 is 2.37 bits per heavy atom. The summed E-state index contributed by atoms with van der Waals surface area (Å²) in [5, 5.41) is 12.8. The van der Waals surface area contributed by atoms with Crippen molar-refractivity contribution in [1.82, 2.24) is 25.1 Å². The molecule has 2 aliphatic rings. The van der Waals surface area contributed by atoms with Crippen LogP contribution in [0.4, 0.5) is 5.69 Å². The molecule has 5 rings (SSSR count). The van der Waals surface area contributed by atoms with E-state index in [9.17, 15) is 0 Å². The zero-order valence-corrected chi connectivity index (χ0v) is 17.2. The number of tetrazole rings is 1. The summed E-state index contributed by atoms with van der Waals surface area (Å²) in [6, 6.07) is 21.3. The largest absolute Gasteiger partial charge is 0.376 e. The minimum Gasteiger partial charge on any atom is -0.376 e. The lowest BCUT2D eigenvalue weighted by Gasteiger charge is -2.40. The average Bonchev–Trinajstić information content (AvgIpc) is 3.49. The molecule has 3 aromatic rings. The summed E-state index contributed by atoms with van der Waals surface area (Å²) in [6.45, 7) is 5.45. The smallest absolute Gasteiger partial charge is 0.173 e. The third-order valence-electron chi connectivity index (χ3n) is 6.12. The minimum absolute atomic E-state index is 0.0422. The quantitative estimate of drug-likeness (QED) is 0.630. The first-order valence-electron chi connectivity index (χ1n) is 10.8. The molecule has 0 amide bonds. The van der Waals surface area contributed by atoms with E-state index in [0.717, 1.165) is 58.0 Å². The van der Waals surface area contributed by atoms with Crippen LogP contribution in [0.3, 0.4) is 0 Å². The Bertz CT molecular complexity index is 917. The molecule has 2 aliphatic heterocycles. The summed E-state index contributed by atoms with van der Waals surface area (Å²) in [7, 11) is 0. The van der Waals surface area contributed by atoms with Gasteiger partial charge in [0.15, 0.2) is 5.82 Å². The maximum atomic E-state index is 5.84. The fraction of sp³-hybridized carbons (Fsp3) is 0.435. The van der Waals surface area contributed by atoms with Gasteiger partial charge in [0.05, 0.1) is 18.7 Å². The van der Waals surface area contributed by atoms with E-state index in [4.69, 9.17) is 4.74 Å². The number of hydrogen-bond acceptors (Lipinski definition) is 6. The molecule has 0 radical (unpaired) electrons. The van der Waals surface area contributed by atoms with E-state index in [-0.39, 0.29) is 12.1 Å². The summed E-state index contributed by atoms with van der Waals surface area (Å²) < 4.78 is 7.79. The van der Waals surface area contributed by atoms with Gasteiger partial charge in [-0.1, -0.05) is 48.5 Å². The molecule has 7 nitrogen and oxygen atoms in total. The molecule has 2 saturated heterocycles. The first-order chi connectivity index (χ1) is 14.9. The Morgan fingerprint density at radius 1 is 0.933 bits per heavy atom. The van der Waals surface area contributed by atoms with Gasteiger partial charge in [0, 0.05) is 38.5 Å². The summed E-state index contributed by atoms with van der Waals surface area (Å²) in [4.78, 5) is 4.96. The van der Waals surface area contributed by atoms with Gasteiger partial charge < -0.3 is 9.64 Å². The van der Waals surface area contributed by atoms with Gasteiger partial charge in [-0.15, -0.1) is 5.10 Å². The number of hydrogen-bond donors (Lipinski definition) is 0. The Morgan fingerprint density at radius 2 is 1.67 bits per heavy atom. The van der Waals surface area contributed by atoms with Crippen molar-refractivity contribution in [1.29, 1.82) is 0 Å². The van der Waals surface area contributed by atoms with Crippen molar-refractivity contribution in [2.45, 2.75) is 31.5 Å². The standard InChI is InChI=1S/C23H28N6O/c1-3-8-19(9-4-1)22(23-24-25-26-29(23)18-21-12-7-17-30-21)28-15-13-27(14-16-28)20-10-5-2-6-11-20/h1-6,8-11,21-22H,7,12-18H2/t21-,22+/m0/s1. The molecule has 2 atom stereocenters. The molecule has 3 heterocycles. The van der Waals surface area contributed by atoms with Gasteiger partial charge in [0.25, 0.3) is 0 Å². The molecule has 0 aliphatic carbocycles. The van der Waals surface area contributed by atoms with Crippen molar-refractivity contribution in [2.24, 2.45) is 0 Å². The Kier molecular flexibility index (Phi) is 5.72. The number of rotatable bonds is 6. The third kappa shape index (κ3) is 4.08. The average molecular weight is 405 g/mol. The second kappa shape index (κ2) is 8.93. The Labute approximate surface area is 177 Å². The van der Waals surface area contributed by atoms with Crippen molar-refractivity contribution in [3.8, 4) is 0 Å². The van der Waals surface area contributed by atoms with Crippen LogP contribution in [-0.4, -0.2) is 64.0 Å². The van der Waals surface area contributed by atoms with Crippen LogP contribution in [0.5, 0.6) is 0 Å². The van der Waals surface area contributed by atoms with Gasteiger partial charge >= 0.3 is 0 Å². The lowest BCUT2D eigenvalue weighted by molar-refractivity contribution is 0.0906. The Balaban J connectivity index is 1.38. The van der Waals surface area contributed by atoms with E-state index in [1.807, 2.05) is 4.68 Å². The molecule has 0 unspecified atom stereocenters. The topological polar surface area (TPSA) is 59.3 Å². The summed E-state index contributed by atoms with van der Waals surface area (Å²) in [6.07, 6.45) is 2.40. The van der Waals surface area contributed by atoms with Crippen LogP contribution in [0.2, 0.25) is 0 Å². The normalized spacial score (nSPS) is 21.1. The van der Waals surface area contributed by atoms with Crippen molar-refractivity contribution in [2.75, 3.05) is 37.7 Å². The molecule has 0 spiro atoms. The van der Waals surface area contributed by atoms with E-state index in [1.165, 1.54) is 11.3 Å². The molecular weight excluding hydrogens is 376 g/mol. The predicted molar refractivity (Wildman–Crippen MR) is 115 cm³/mol. The molecule has 156 valence electrons. The number of ether oxygens (including phenoxy) is 1. The first kappa shape index (κ1) is 19.2. The van der Waals surface area contributed by atoms with Crippen LogP contribution < -0.4 is 4.90 Å². The molecule has 30 heavy (non-hydrogen) atoms. The van der Waals surface area contributed by atoms with Crippen LogP contribution in [0.1, 0.15) is 30.3 Å². The van der Waals surface area contributed by atoms with Crippen molar-refractivity contribution < 1.29 is 4.74 Å². The van der Waals surface area contributed by atoms with Gasteiger partial charge in [-0.2, -0.15) is 0 Å². The highest BCUT2D eigenvalue weighted by Crippen LogP contribution is 2.29. The lowest BCUT2D eigenvalue weighted by Crippen LogP contribution is -2.48. The number of benzene rings is 2. The first-order valence-corrected chi connectivity index (χ1v) is 10.8. The third-order valence-corrected chi connectivity index (χ3v) is 6.12. The molecule has 7 heteroatoms. The predicted octanol–water partition coefficient (Wildman–Crippen LogP) is 2.76. The summed E-state index contributed by atoms with van der Waals surface area (Å²) >= 11 is 0. The maximum Gasteiger partial charge on any atom is 0.173 e. The fourth-order valence-corrected chi connectivity index (χ4v) is 4.55. The van der Waals surface area contributed by atoms with Crippen molar-refractivity contribution in [3.05, 3.63) is 72.1 Å². The number of piperazine rings is 1. The number of aromatic nitrogens is 4. The van der Waals surface area contributed by atoms with Gasteiger partial charge in [0.2, 0.25) is 0 Å². The van der Waals surface area contributed by atoms with E-state index >= 15 is 0 Å². The van der Waals surface area contributed by atoms with Gasteiger partial charge in [0.1, 0.15) is 0 Å². The fourth-order valence-electron chi connectivity index (χ4n) is 4.55. The second-order valence-electron chi connectivity index (χ2n) is 8.03. The van der Waals surface area contributed by atoms with E-state index in [0.29, 0.717) is 0 Å². The number of para-hydroxylation sites is 1. The molecule has 0 N–H and O–H groups in total. The van der Waals surface area contributed by atoms with E-state index in [2.05, 4.69) is 86.0 Å². The highest BCUT2D eigenvalue weighted by atomic mass is 16.5. The zero-order valence-electron chi connectivity index (χ0n) is 17.2. The monoisotopic (exact) mass is 404 g/mol. The van der Waals surface area contributed by atoms with Gasteiger partial charge in [-0.3, -0.25) is 4.90 Å². The molecule has 0 bridgehead atoms. The van der Waals surface area contributed by atoms with Crippen LogP contribution in [0.25, 0.3) is 0 Å². The second-order valence-corrected chi connectivity index (χ2v) is 8.03. The highest BCUT2D eigenvalue weighted by molar-refractivity contribution is 5.46. The molecule has 1 aromatic heterocycles. The highest BCUT2D eigenvalue weighted by Gasteiger charge is 2.31. The van der Waals surface area contributed by atoms with Gasteiger partial charge in [-0.05, 0) is 41.0 Å². The van der Waals surface area contributed by atoms with Crippen molar-refractivity contribution >= 4 is 5.69 Å². The number of anilines is 1. The maximum absolute atomic E-state index is 5.84. The van der Waals surface area contributed by atoms with Crippen LogP contribution in [0, 0.1) is 0 Å². The molecule has 2 aromatic carbocycles. The number of nitrogens with zero attached hydrogens (tertiary/aromatic N) is 6. The lowest BCUT2D eigenvalue weighted by atomic mass is 10.0. The Hall–Kier alpha value is -2.77. The van der Waals surface area contributed by atoms with Crippen LogP contribution >= 0.6 is 0 Å². The summed E-state index contributed by atoms with van der Waals surface area (Å²) in [5.41, 5.74) is 2.52. The van der Waals surface area contributed by atoms with E-state index < -0.39 is 0 Å². The molecule has 2 fully saturated rings. The summed E-state index contributed by atoms with van der Waals surface area (Å²) in [5.74, 6) is 0.907.